The first kappa shape index (κ1) is 18.5. The fourth-order valence-corrected chi connectivity index (χ4v) is 4.82. The normalized spacial score (nSPS) is 23.9. The third-order valence-electron chi connectivity index (χ3n) is 6.05. The van der Waals surface area contributed by atoms with E-state index in [9.17, 15) is 4.79 Å². The summed E-state index contributed by atoms with van der Waals surface area (Å²) in [7, 11) is 0. The number of piperidine rings is 2. The summed E-state index contributed by atoms with van der Waals surface area (Å²) in [4.78, 5) is 24.3. The van der Waals surface area contributed by atoms with E-state index in [0.717, 1.165) is 56.3 Å². The van der Waals surface area contributed by atoms with Gasteiger partial charge >= 0.3 is 0 Å². The molecule has 2 saturated heterocycles. The van der Waals surface area contributed by atoms with Crippen molar-refractivity contribution in [2.45, 2.75) is 38.6 Å². The number of nitrogens with zero attached hydrogens (tertiary/aromatic N) is 3. The zero-order valence-corrected chi connectivity index (χ0v) is 16.4. The van der Waals surface area contributed by atoms with Crippen LogP contribution in [0.1, 0.15) is 36.9 Å². The number of hydrogen-bond acceptors (Lipinski definition) is 3. The molecular formula is C21H27ClN4O. The van der Waals surface area contributed by atoms with Gasteiger partial charge in [-0.05, 0) is 37.4 Å². The van der Waals surface area contributed by atoms with Crippen LogP contribution in [0.25, 0.3) is 0 Å². The number of imidazole rings is 1. The topological polar surface area (TPSA) is 52.2 Å². The summed E-state index contributed by atoms with van der Waals surface area (Å²) in [6.07, 6.45) is 8.45. The number of hydrogen-bond donors (Lipinski definition) is 1. The Bertz CT molecular complexity index is 778. The minimum Gasteiger partial charge on any atom is -0.348 e. The highest BCUT2D eigenvalue weighted by Crippen LogP contribution is 2.39. The number of aromatic nitrogens is 2. The van der Waals surface area contributed by atoms with Gasteiger partial charge in [-0.2, -0.15) is 0 Å². The van der Waals surface area contributed by atoms with Crippen molar-refractivity contribution < 1.29 is 4.79 Å². The summed E-state index contributed by atoms with van der Waals surface area (Å²) in [6.45, 7) is 4.69. The van der Waals surface area contributed by atoms with Crippen molar-refractivity contribution in [2.75, 3.05) is 26.2 Å². The van der Waals surface area contributed by atoms with Crippen molar-refractivity contribution in [1.29, 1.82) is 0 Å². The number of rotatable bonds is 5. The Morgan fingerprint density at radius 3 is 2.93 bits per heavy atom. The van der Waals surface area contributed by atoms with Crippen LogP contribution in [0.3, 0.4) is 0 Å². The smallest absolute Gasteiger partial charge is 0.222 e. The minimum atomic E-state index is 0.224. The van der Waals surface area contributed by atoms with Gasteiger partial charge in [-0.3, -0.25) is 9.69 Å². The van der Waals surface area contributed by atoms with Crippen LogP contribution in [0.15, 0.2) is 36.8 Å². The Morgan fingerprint density at radius 2 is 2.11 bits per heavy atom. The molecule has 1 amide bonds. The monoisotopic (exact) mass is 386 g/mol. The number of nitrogens with one attached hydrogen (secondary N) is 1. The van der Waals surface area contributed by atoms with Crippen LogP contribution < -0.4 is 0 Å². The van der Waals surface area contributed by atoms with Crippen molar-refractivity contribution in [3.05, 3.63) is 53.1 Å². The van der Waals surface area contributed by atoms with Crippen LogP contribution in [-0.4, -0.2) is 51.9 Å². The Kier molecular flexibility index (Phi) is 5.50. The molecule has 2 fully saturated rings. The van der Waals surface area contributed by atoms with Gasteiger partial charge in [-0.15, -0.1) is 0 Å². The molecule has 3 heterocycles. The SMILES string of the molecule is O=C1CC[C@]2(CCCN(Cc3ccccc3Cl)C2)CN1CCc1cnc[nH]1. The lowest BCUT2D eigenvalue weighted by Gasteiger charge is -2.48. The number of benzene rings is 1. The van der Waals surface area contributed by atoms with E-state index in [1.807, 2.05) is 18.3 Å². The number of amides is 1. The molecule has 144 valence electrons. The van der Waals surface area contributed by atoms with Crippen molar-refractivity contribution in [1.82, 2.24) is 19.8 Å². The van der Waals surface area contributed by atoms with E-state index in [0.29, 0.717) is 12.3 Å². The number of aromatic amines is 1. The van der Waals surface area contributed by atoms with Gasteiger partial charge in [0, 0.05) is 61.3 Å². The molecule has 6 heteroatoms. The highest BCUT2D eigenvalue weighted by atomic mass is 35.5. The van der Waals surface area contributed by atoms with E-state index < -0.39 is 0 Å². The van der Waals surface area contributed by atoms with Crippen LogP contribution in [0, 0.1) is 5.41 Å². The fraction of sp³-hybridized carbons (Fsp3) is 0.524. The van der Waals surface area contributed by atoms with E-state index in [4.69, 9.17) is 11.6 Å². The number of halogens is 1. The molecule has 2 aliphatic rings. The average molecular weight is 387 g/mol. The number of carbonyl (C=O) groups excluding carboxylic acids is 1. The predicted octanol–water partition coefficient (Wildman–Crippen LogP) is 3.51. The van der Waals surface area contributed by atoms with Gasteiger partial charge in [0.1, 0.15) is 0 Å². The van der Waals surface area contributed by atoms with Gasteiger partial charge in [0.15, 0.2) is 0 Å². The lowest BCUT2D eigenvalue weighted by Crippen LogP contribution is -2.54. The summed E-state index contributed by atoms with van der Waals surface area (Å²) in [6, 6.07) is 8.11. The average Bonchev–Trinajstić information content (AvgIpc) is 3.19. The van der Waals surface area contributed by atoms with E-state index >= 15 is 0 Å². The number of carbonyl (C=O) groups is 1. The lowest BCUT2D eigenvalue weighted by molar-refractivity contribution is -0.139. The molecule has 0 bridgehead atoms. The summed E-state index contributed by atoms with van der Waals surface area (Å²) in [5.74, 6) is 0.295. The van der Waals surface area contributed by atoms with E-state index in [1.54, 1.807) is 6.33 Å². The molecule has 0 aliphatic carbocycles. The molecule has 1 aromatic carbocycles. The Balaban J connectivity index is 1.40. The second-order valence-electron chi connectivity index (χ2n) is 8.05. The van der Waals surface area contributed by atoms with Gasteiger partial charge in [0.05, 0.1) is 6.33 Å². The van der Waals surface area contributed by atoms with Crippen LogP contribution >= 0.6 is 11.6 Å². The van der Waals surface area contributed by atoms with E-state index in [-0.39, 0.29) is 5.41 Å². The second kappa shape index (κ2) is 8.03. The molecule has 1 aromatic heterocycles. The first-order valence-corrected chi connectivity index (χ1v) is 10.2. The molecule has 2 aromatic rings. The highest BCUT2D eigenvalue weighted by Gasteiger charge is 2.41. The molecule has 2 aliphatic heterocycles. The second-order valence-corrected chi connectivity index (χ2v) is 8.45. The van der Waals surface area contributed by atoms with Gasteiger partial charge in [-0.1, -0.05) is 29.8 Å². The largest absolute Gasteiger partial charge is 0.348 e. The van der Waals surface area contributed by atoms with Crippen molar-refractivity contribution in [2.24, 2.45) is 5.41 Å². The quantitative estimate of drug-likeness (QED) is 0.855. The Morgan fingerprint density at radius 1 is 1.22 bits per heavy atom. The van der Waals surface area contributed by atoms with Crippen molar-refractivity contribution in [3.63, 3.8) is 0 Å². The minimum absolute atomic E-state index is 0.224. The summed E-state index contributed by atoms with van der Waals surface area (Å²) < 4.78 is 0. The molecule has 1 spiro atoms. The maximum atomic E-state index is 12.5. The molecule has 4 rings (SSSR count). The van der Waals surface area contributed by atoms with Crippen LogP contribution in [0.5, 0.6) is 0 Å². The van der Waals surface area contributed by atoms with E-state index in [2.05, 4.69) is 31.9 Å². The highest BCUT2D eigenvalue weighted by molar-refractivity contribution is 6.31. The van der Waals surface area contributed by atoms with Crippen LogP contribution in [0.4, 0.5) is 0 Å². The molecule has 5 nitrogen and oxygen atoms in total. The summed E-state index contributed by atoms with van der Waals surface area (Å²) in [5.41, 5.74) is 2.51. The molecule has 1 atom stereocenters. The third kappa shape index (κ3) is 4.36. The molecule has 0 saturated carbocycles. The third-order valence-corrected chi connectivity index (χ3v) is 6.42. The van der Waals surface area contributed by atoms with Crippen molar-refractivity contribution >= 4 is 17.5 Å². The molecule has 1 N–H and O–H groups in total. The summed E-state index contributed by atoms with van der Waals surface area (Å²) >= 11 is 6.37. The predicted molar refractivity (Wildman–Crippen MR) is 107 cm³/mol. The van der Waals surface area contributed by atoms with Gasteiger partial charge in [-0.25, -0.2) is 4.98 Å². The fourth-order valence-electron chi connectivity index (χ4n) is 4.63. The van der Waals surface area contributed by atoms with Gasteiger partial charge < -0.3 is 9.88 Å². The Labute approximate surface area is 165 Å². The number of likely N-dealkylation sites (tertiary alicyclic amines) is 2. The maximum absolute atomic E-state index is 12.5. The maximum Gasteiger partial charge on any atom is 0.222 e. The molecule has 27 heavy (non-hydrogen) atoms. The standard InChI is InChI=1S/C21H27ClN4O/c22-19-5-2-1-4-17(19)13-25-10-3-8-21(14-25)9-6-20(27)26(15-21)11-7-18-12-23-16-24-18/h1-2,4-5,12,16H,3,6-11,13-15H2,(H,23,24)/t21-/m0/s1. The number of H-pyrrole nitrogens is 1. The van der Waals surface area contributed by atoms with Gasteiger partial charge in [0.25, 0.3) is 0 Å². The van der Waals surface area contributed by atoms with Crippen LogP contribution in [-0.2, 0) is 17.8 Å². The zero-order chi connectivity index (χ0) is 18.7. The molecule has 0 unspecified atom stereocenters. The lowest BCUT2D eigenvalue weighted by atomic mass is 9.73. The van der Waals surface area contributed by atoms with Crippen LogP contribution in [0.2, 0.25) is 5.02 Å². The van der Waals surface area contributed by atoms with E-state index in [1.165, 1.54) is 18.4 Å². The molecular weight excluding hydrogens is 360 g/mol. The zero-order valence-electron chi connectivity index (χ0n) is 15.7. The summed E-state index contributed by atoms with van der Waals surface area (Å²) in [5, 5.41) is 0.845. The first-order valence-electron chi connectivity index (χ1n) is 9.84. The first-order chi connectivity index (χ1) is 13.1. The van der Waals surface area contributed by atoms with Gasteiger partial charge in [0.2, 0.25) is 5.91 Å². The Hall–Kier alpha value is -1.85. The molecule has 0 radical (unpaired) electrons. The van der Waals surface area contributed by atoms with Crippen molar-refractivity contribution in [3.8, 4) is 0 Å².